The van der Waals surface area contributed by atoms with Gasteiger partial charge in [0.1, 0.15) is 40.7 Å². The van der Waals surface area contributed by atoms with Crippen LogP contribution in [0.3, 0.4) is 0 Å². The van der Waals surface area contributed by atoms with Crippen LogP contribution >= 0.6 is 0 Å². The highest BCUT2D eigenvalue weighted by atomic mass is 19.1. The quantitative estimate of drug-likeness (QED) is 0.0866. The van der Waals surface area contributed by atoms with Crippen LogP contribution < -0.4 is 20.5 Å². The SMILES string of the molecule is COc1ccc(C(Nc2ccn(C3O[C@H](C=O)[C@@H](OC(c4ccccc4)(c4ccccc4)c4ccc(OC)cc4)[C@H]3F)c(=O)n2)(c2ccccc2)c2ccccc2)cc1. The Morgan fingerprint density at radius 2 is 1.05 bits per heavy atom. The van der Waals surface area contributed by atoms with Gasteiger partial charge in [-0.1, -0.05) is 146 Å². The third kappa shape index (κ3) is 7.28. The molecule has 1 N–H and O–H groups in total. The van der Waals surface area contributed by atoms with Crippen molar-refractivity contribution in [2.75, 3.05) is 19.5 Å². The number of halogens is 1. The van der Waals surface area contributed by atoms with E-state index >= 15 is 4.39 Å². The number of nitrogens with zero attached hydrogens (tertiary/aromatic N) is 2. The van der Waals surface area contributed by atoms with Crippen LogP contribution in [0.15, 0.2) is 187 Å². The molecular weight excluding hydrogens is 746 g/mol. The number of rotatable bonds is 14. The summed E-state index contributed by atoms with van der Waals surface area (Å²) in [6.07, 6.45) is -4.37. The number of anilines is 1. The number of carbonyl (C=O) groups is 1. The molecule has 1 aliphatic rings. The smallest absolute Gasteiger partial charge is 0.351 e. The van der Waals surface area contributed by atoms with E-state index in [-0.39, 0.29) is 5.82 Å². The summed E-state index contributed by atoms with van der Waals surface area (Å²) in [4.78, 5) is 31.3. The Morgan fingerprint density at radius 3 is 1.49 bits per heavy atom. The van der Waals surface area contributed by atoms with E-state index in [1.54, 1.807) is 32.4 Å². The lowest BCUT2D eigenvalue weighted by molar-refractivity contribution is -0.131. The summed E-state index contributed by atoms with van der Waals surface area (Å²) in [7, 11) is 3.19. The van der Waals surface area contributed by atoms with Crippen molar-refractivity contribution >= 4 is 12.1 Å². The van der Waals surface area contributed by atoms with E-state index in [0.29, 0.717) is 34.5 Å². The molecule has 1 aliphatic heterocycles. The van der Waals surface area contributed by atoms with Crippen molar-refractivity contribution in [2.24, 2.45) is 0 Å². The molecule has 59 heavy (non-hydrogen) atoms. The minimum absolute atomic E-state index is 0.231. The molecule has 6 aromatic carbocycles. The number of ether oxygens (including phenoxy) is 4. The lowest BCUT2D eigenvalue weighted by atomic mass is 9.77. The van der Waals surface area contributed by atoms with Gasteiger partial charge in [-0.15, -0.1) is 0 Å². The van der Waals surface area contributed by atoms with Crippen molar-refractivity contribution in [2.45, 2.75) is 35.7 Å². The Morgan fingerprint density at radius 1 is 0.627 bits per heavy atom. The first-order chi connectivity index (χ1) is 28.9. The topological polar surface area (TPSA) is 101 Å². The minimum Gasteiger partial charge on any atom is -0.497 e. The van der Waals surface area contributed by atoms with Gasteiger partial charge in [0, 0.05) is 6.20 Å². The van der Waals surface area contributed by atoms with Gasteiger partial charge >= 0.3 is 5.69 Å². The molecule has 0 spiro atoms. The monoisotopic (exact) mass is 787 g/mol. The lowest BCUT2D eigenvalue weighted by Crippen LogP contribution is -2.44. The predicted octanol–water partition coefficient (Wildman–Crippen LogP) is 8.48. The highest BCUT2D eigenvalue weighted by Crippen LogP contribution is 2.46. The first-order valence-corrected chi connectivity index (χ1v) is 19.2. The molecule has 0 aliphatic carbocycles. The predicted molar refractivity (Wildman–Crippen MR) is 223 cm³/mol. The van der Waals surface area contributed by atoms with Crippen LogP contribution in [0.25, 0.3) is 0 Å². The molecule has 10 heteroatoms. The fraction of sp³-hybridized carbons (Fsp3) is 0.163. The van der Waals surface area contributed by atoms with Crippen LogP contribution in [0, 0.1) is 0 Å². The summed E-state index contributed by atoms with van der Waals surface area (Å²) in [6, 6.07) is 55.1. The molecule has 7 aromatic rings. The molecule has 1 aromatic heterocycles. The normalized spacial score (nSPS) is 17.9. The molecule has 9 nitrogen and oxygen atoms in total. The Labute approximate surface area is 341 Å². The van der Waals surface area contributed by atoms with E-state index in [1.807, 2.05) is 158 Å². The van der Waals surface area contributed by atoms with Gasteiger partial charge in [-0.3, -0.25) is 4.57 Å². The number of hydrogen-bond acceptors (Lipinski definition) is 8. The Bertz CT molecular complexity index is 2440. The second-order valence-corrected chi connectivity index (χ2v) is 14.1. The summed E-state index contributed by atoms with van der Waals surface area (Å²) in [5.41, 5.74) is 1.48. The third-order valence-electron chi connectivity index (χ3n) is 10.9. The van der Waals surface area contributed by atoms with Crippen molar-refractivity contribution in [3.63, 3.8) is 0 Å². The maximum absolute atomic E-state index is 17.2. The molecule has 1 unspecified atom stereocenters. The average Bonchev–Trinajstić information content (AvgIpc) is 3.62. The maximum Gasteiger partial charge on any atom is 0.351 e. The molecule has 2 heterocycles. The van der Waals surface area contributed by atoms with Crippen molar-refractivity contribution in [1.29, 1.82) is 0 Å². The van der Waals surface area contributed by atoms with Gasteiger partial charge in [0.2, 0.25) is 0 Å². The zero-order valence-electron chi connectivity index (χ0n) is 32.4. The number of aldehydes is 1. The molecule has 296 valence electrons. The zero-order valence-corrected chi connectivity index (χ0v) is 32.4. The van der Waals surface area contributed by atoms with Gasteiger partial charge in [-0.05, 0) is 63.7 Å². The van der Waals surface area contributed by atoms with E-state index in [4.69, 9.17) is 18.9 Å². The van der Waals surface area contributed by atoms with Crippen molar-refractivity contribution in [3.8, 4) is 11.5 Å². The third-order valence-corrected chi connectivity index (χ3v) is 10.9. The van der Waals surface area contributed by atoms with Crippen molar-refractivity contribution < 1.29 is 28.1 Å². The van der Waals surface area contributed by atoms with Gasteiger partial charge < -0.3 is 29.1 Å². The molecule has 4 atom stereocenters. The summed E-state index contributed by atoms with van der Waals surface area (Å²) in [5, 5.41) is 3.58. The number of alkyl halides is 1. The largest absolute Gasteiger partial charge is 0.497 e. The zero-order chi connectivity index (χ0) is 40.8. The number of nitrogens with one attached hydrogen (secondary N) is 1. The van der Waals surface area contributed by atoms with E-state index in [1.165, 1.54) is 6.20 Å². The van der Waals surface area contributed by atoms with E-state index in [9.17, 15) is 9.59 Å². The van der Waals surface area contributed by atoms with Gasteiger partial charge in [0.15, 0.2) is 18.7 Å². The molecular formula is C49H42FN3O6. The first-order valence-electron chi connectivity index (χ1n) is 19.2. The van der Waals surface area contributed by atoms with Gasteiger partial charge in [0.25, 0.3) is 0 Å². The van der Waals surface area contributed by atoms with Crippen LogP contribution in [-0.4, -0.2) is 48.4 Å². The van der Waals surface area contributed by atoms with Gasteiger partial charge in [-0.2, -0.15) is 4.98 Å². The number of carbonyl (C=O) groups excluding carboxylic acids is 1. The molecule has 0 bridgehead atoms. The lowest BCUT2D eigenvalue weighted by Gasteiger charge is -2.39. The highest BCUT2D eigenvalue weighted by molar-refractivity contribution is 5.60. The maximum atomic E-state index is 17.2. The van der Waals surface area contributed by atoms with Gasteiger partial charge in [-0.25, -0.2) is 9.18 Å². The Hall–Kier alpha value is -6.88. The molecule has 0 saturated carbocycles. The Balaban J connectivity index is 1.18. The number of methoxy groups -OCH3 is 2. The van der Waals surface area contributed by atoms with Crippen LogP contribution in [0.4, 0.5) is 10.2 Å². The van der Waals surface area contributed by atoms with Crippen molar-refractivity contribution in [3.05, 3.63) is 226 Å². The fourth-order valence-corrected chi connectivity index (χ4v) is 8.00. The standard InChI is InChI=1S/C49H42FN3O6/c1-56-40-27-23-36(24-28-40)48(34-15-7-3-8-16-34,35-17-9-4-10-18-35)52-43-31-32-53(47(55)51-43)46-44(50)45(42(33-54)58-46)59-49(37-19-11-5-12-20-37,38-21-13-6-14-22-38)39-25-29-41(57-2)30-26-39/h3-33,42,44-46H,1-2H3,(H,51,52,55)/t42-,44-,45-,46?/m1/s1. The molecule has 1 saturated heterocycles. The first kappa shape index (κ1) is 39.0. The summed E-state index contributed by atoms with van der Waals surface area (Å²) < 4.78 is 42.2. The van der Waals surface area contributed by atoms with Crippen LogP contribution in [-0.2, 0) is 25.4 Å². The molecule has 8 rings (SSSR count). The summed E-state index contributed by atoms with van der Waals surface area (Å²) in [6.45, 7) is 0. The highest BCUT2D eigenvalue weighted by Gasteiger charge is 2.52. The van der Waals surface area contributed by atoms with Crippen LogP contribution in [0.1, 0.15) is 39.6 Å². The number of aromatic nitrogens is 2. The molecule has 0 radical (unpaired) electrons. The minimum atomic E-state index is -1.97. The average molecular weight is 788 g/mol. The fourth-order valence-electron chi connectivity index (χ4n) is 8.00. The van der Waals surface area contributed by atoms with E-state index < -0.39 is 41.4 Å². The molecule has 0 amide bonds. The summed E-state index contributed by atoms with van der Waals surface area (Å²) in [5.74, 6) is 1.54. The second-order valence-electron chi connectivity index (χ2n) is 14.1. The second kappa shape index (κ2) is 16.9. The Kier molecular flexibility index (Phi) is 11.2. The van der Waals surface area contributed by atoms with Crippen molar-refractivity contribution in [1.82, 2.24) is 9.55 Å². The summed E-state index contributed by atoms with van der Waals surface area (Å²) >= 11 is 0. The molecule has 1 fully saturated rings. The number of hydrogen-bond donors (Lipinski definition) is 1. The van der Waals surface area contributed by atoms with E-state index in [0.717, 1.165) is 21.3 Å². The number of benzene rings is 6. The van der Waals surface area contributed by atoms with Gasteiger partial charge in [0.05, 0.1) is 14.2 Å². The van der Waals surface area contributed by atoms with E-state index in [2.05, 4.69) is 10.3 Å². The van der Waals surface area contributed by atoms with Crippen LogP contribution in [0.5, 0.6) is 11.5 Å². The van der Waals surface area contributed by atoms with Crippen LogP contribution in [0.2, 0.25) is 0 Å².